The molecule has 0 spiro atoms. The van der Waals surface area contributed by atoms with E-state index in [2.05, 4.69) is 0 Å². The van der Waals surface area contributed by atoms with Crippen molar-refractivity contribution in [3.8, 4) is 0 Å². The van der Waals surface area contributed by atoms with Gasteiger partial charge in [-0.1, -0.05) is 6.92 Å². The van der Waals surface area contributed by atoms with Crippen LogP contribution in [0.3, 0.4) is 0 Å². The quantitative estimate of drug-likeness (QED) is 0.793. The predicted octanol–water partition coefficient (Wildman–Crippen LogP) is 2.26. The highest BCUT2D eigenvalue weighted by atomic mass is 16.5. The Kier molecular flexibility index (Phi) is 4.82. The van der Waals surface area contributed by atoms with Crippen molar-refractivity contribution in [3.63, 3.8) is 0 Å². The van der Waals surface area contributed by atoms with Gasteiger partial charge < -0.3 is 14.1 Å². The SMILES string of the molecule is CCOC(=O)[C@@H]1CCCN(C(=O)c2ccoc2CC)C1. The van der Waals surface area contributed by atoms with Crippen LogP contribution in [0.4, 0.5) is 0 Å². The van der Waals surface area contributed by atoms with Gasteiger partial charge in [-0.25, -0.2) is 0 Å². The lowest BCUT2D eigenvalue weighted by Gasteiger charge is -2.31. The molecule has 110 valence electrons. The van der Waals surface area contributed by atoms with Gasteiger partial charge in [0, 0.05) is 19.5 Å². The molecule has 1 aromatic heterocycles. The van der Waals surface area contributed by atoms with Gasteiger partial charge in [-0.3, -0.25) is 9.59 Å². The van der Waals surface area contributed by atoms with Crippen molar-refractivity contribution < 1.29 is 18.7 Å². The molecule has 0 bridgehead atoms. The van der Waals surface area contributed by atoms with E-state index >= 15 is 0 Å². The topological polar surface area (TPSA) is 59.8 Å². The minimum Gasteiger partial charge on any atom is -0.469 e. The van der Waals surface area contributed by atoms with Gasteiger partial charge in [-0.05, 0) is 25.8 Å². The molecule has 5 nitrogen and oxygen atoms in total. The number of carbonyl (C=O) groups excluding carboxylic acids is 2. The van der Waals surface area contributed by atoms with Gasteiger partial charge in [0.15, 0.2) is 0 Å². The van der Waals surface area contributed by atoms with Crippen LogP contribution in [0, 0.1) is 5.92 Å². The summed E-state index contributed by atoms with van der Waals surface area (Å²) in [6, 6.07) is 1.70. The summed E-state index contributed by atoms with van der Waals surface area (Å²) in [7, 11) is 0. The number of hydrogen-bond donors (Lipinski definition) is 0. The van der Waals surface area contributed by atoms with Crippen molar-refractivity contribution in [1.82, 2.24) is 4.90 Å². The molecule has 0 saturated carbocycles. The molecule has 20 heavy (non-hydrogen) atoms. The number of nitrogens with zero attached hydrogens (tertiary/aromatic N) is 1. The second-order valence-electron chi connectivity index (χ2n) is 4.95. The standard InChI is InChI=1S/C15H21NO4/c1-3-13-12(7-9-20-13)14(17)16-8-5-6-11(10-16)15(18)19-4-2/h7,9,11H,3-6,8,10H2,1-2H3/t11-/m1/s1. The van der Waals surface area contributed by atoms with E-state index in [1.165, 1.54) is 0 Å². The molecule has 1 fully saturated rings. The Morgan fingerprint density at radius 2 is 2.25 bits per heavy atom. The fourth-order valence-corrected chi connectivity index (χ4v) is 2.59. The highest BCUT2D eigenvalue weighted by molar-refractivity contribution is 5.95. The summed E-state index contributed by atoms with van der Waals surface area (Å²) in [5.41, 5.74) is 0.608. The third kappa shape index (κ3) is 3.03. The van der Waals surface area contributed by atoms with Crippen molar-refractivity contribution in [1.29, 1.82) is 0 Å². The molecule has 1 saturated heterocycles. The Bertz CT molecular complexity index is 480. The van der Waals surface area contributed by atoms with E-state index < -0.39 is 0 Å². The van der Waals surface area contributed by atoms with E-state index in [9.17, 15) is 9.59 Å². The molecule has 0 N–H and O–H groups in total. The minimum atomic E-state index is -0.204. The monoisotopic (exact) mass is 279 g/mol. The summed E-state index contributed by atoms with van der Waals surface area (Å²) in [6.07, 6.45) is 3.84. The zero-order valence-electron chi connectivity index (χ0n) is 12.1. The highest BCUT2D eigenvalue weighted by Gasteiger charge is 2.30. The first-order valence-electron chi connectivity index (χ1n) is 7.19. The van der Waals surface area contributed by atoms with Gasteiger partial charge in [0.2, 0.25) is 0 Å². The van der Waals surface area contributed by atoms with Crippen LogP contribution in [0.5, 0.6) is 0 Å². The molecule has 1 aliphatic rings. The molecule has 0 aromatic carbocycles. The van der Waals surface area contributed by atoms with E-state index in [-0.39, 0.29) is 17.8 Å². The molecule has 0 radical (unpaired) electrons. The molecule has 1 aromatic rings. The molecule has 2 rings (SSSR count). The number of carbonyl (C=O) groups is 2. The van der Waals surface area contributed by atoms with Crippen LogP contribution in [0.25, 0.3) is 0 Å². The fraction of sp³-hybridized carbons (Fsp3) is 0.600. The fourth-order valence-electron chi connectivity index (χ4n) is 2.59. The summed E-state index contributed by atoms with van der Waals surface area (Å²) in [5, 5.41) is 0. The summed E-state index contributed by atoms with van der Waals surface area (Å²) in [6.45, 7) is 5.25. The molecule has 0 aliphatic carbocycles. The Hall–Kier alpha value is -1.78. The van der Waals surface area contributed by atoms with Crippen molar-refractivity contribution in [2.75, 3.05) is 19.7 Å². The van der Waals surface area contributed by atoms with Crippen LogP contribution in [0.2, 0.25) is 0 Å². The maximum Gasteiger partial charge on any atom is 0.310 e. The lowest BCUT2D eigenvalue weighted by molar-refractivity contribution is -0.149. The highest BCUT2D eigenvalue weighted by Crippen LogP contribution is 2.21. The largest absolute Gasteiger partial charge is 0.469 e. The third-order valence-corrected chi connectivity index (χ3v) is 3.63. The zero-order chi connectivity index (χ0) is 14.5. The molecule has 5 heteroatoms. The van der Waals surface area contributed by atoms with Gasteiger partial charge in [-0.15, -0.1) is 0 Å². The van der Waals surface area contributed by atoms with E-state index in [4.69, 9.17) is 9.15 Å². The summed E-state index contributed by atoms with van der Waals surface area (Å²) in [5.74, 6) is 0.246. The van der Waals surface area contributed by atoms with Crippen LogP contribution in [0.1, 0.15) is 42.8 Å². The Morgan fingerprint density at radius 3 is 2.95 bits per heavy atom. The van der Waals surface area contributed by atoms with E-state index in [1.54, 1.807) is 24.2 Å². The first-order valence-corrected chi connectivity index (χ1v) is 7.19. The van der Waals surface area contributed by atoms with Gasteiger partial charge in [-0.2, -0.15) is 0 Å². The number of aryl methyl sites for hydroxylation is 1. The van der Waals surface area contributed by atoms with Crippen LogP contribution in [-0.4, -0.2) is 36.5 Å². The Labute approximate surface area is 118 Å². The van der Waals surface area contributed by atoms with Crippen molar-refractivity contribution >= 4 is 11.9 Å². The van der Waals surface area contributed by atoms with Crippen molar-refractivity contribution in [2.45, 2.75) is 33.1 Å². The number of hydrogen-bond acceptors (Lipinski definition) is 4. The second-order valence-corrected chi connectivity index (χ2v) is 4.95. The van der Waals surface area contributed by atoms with Gasteiger partial charge in [0.25, 0.3) is 5.91 Å². The van der Waals surface area contributed by atoms with Crippen LogP contribution in [-0.2, 0) is 16.0 Å². The maximum atomic E-state index is 12.5. The molecule has 1 amide bonds. The van der Waals surface area contributed by atoms with Gasteiger partial charge in [0.05, 0.1) is 24.4 Å². The lowest BCUT2D eigenvalue weighted by atomic mass is 9.97. The maximum absolute atomic E-state index is 12.5. The number of esters is 1. The Balaban J connectivity index is 2.05. The first kappa shape index (κ1) is 14.6. The van der Waals surface area contributed by atoms with Crippen molar-refractivity contribution in [2.24, 2.45) is 5.92 Å². The normalized spacial score (nSPS) is 18.9. The molecule has 1 aliphatic heterocycles. The third-order valence-electron chi connectivity index (χ3n) is 3.63. The van der Waals surface area contributed by atoms with Crippen LogP contribution < -0.4 is 0 Å². The van der Waals surface area contributed by atoms with Gasteiger partial charge >= 0.3 is 5.97 Å². The molecule has 1 atom stereocenters. The van der Waals surface area contributed by atoms with Crippen LogP contribution in [0.15, 0.2) is 16.7 Å². The smallest absolute Gasteiger partial charge is 0.310 e. The average Bonchev–Trinajstić information content (AvgIpc) is 2.95. The van der Waals surface area contributed by atoms with Crippen molar-refractivity contribution in [3.05, 3.63) is 23.7 Å². The van der Waals surface area contributed by atoms with Crippen LogP contribution >= 0.6 is 0 Å². The summed E-state index contributed by atoms with van der Waals surface area (Å²) < 4.78 is 10.3. The molecule has 0 unspecified atom stereocenters. The average molecular weight is 279 g/mol. The van der Waals surface area contributed by atoms with Gasteiger partial charge in [0.1, 0.15) is 5.76 Å². The number of amides is 1. The number of furan rings is 1. The first-order chi connectivity index (χ1) is 9.67. The van der Waals surface area contributed by atoms with E-state index in [0.717, 1.165) is 12.8 Å². The predicted molar refractivity (Wildman–Crippen MR) is 73.3 cm³/mol. The number of likely N-dealkylation sites (tertiary alicyclic amines) is 1. The second kappa shape index (κ2) is 6.59. The summed E-state index contributed by atoms with van der Waals surface area (Å²) in [4.78, 5) is 26.0. The lowest BCUT2D eigenvalue weighted by Crippen LogP contribution is -2.43. The number of rotatable bonds is 4. The number of ether oxygens (including phenoxy) is 1. The summed E-state index contributed by atoms with van der Waals surface area (Å²) >= 11 is 0. The molecular weight excluding hydrogens is 258 g/mol. The Morgan fingerprint density at radius 1 is 1.45 bits per heavy atom. The zero-order valence-corrected chi connectivity index (χ0v) is 12.1. The molecular formula is C15H21NO4. The minimum absolute atomic E-state index is 0.0513. The van der Waals surface area contributed by atoms with E-state index in [1.807, 2.05) is 6.92 Å². The van der Waals surface area contributed by atoms with E-state index in [0.29, 0.717) is 37.4 Å². The molecule has 2 heterocycles. The number of piperidine rings is 1.